The molecule has 0 N–H and O–H groups in total. The normalized spacial score (nSPS) is 11.6. The van der Waals surface area contributed by atoms with E-state index < -0.39 is 0 Å². The van der Waals surface area contributed by atoms with Gasteiger partial charge in [-0.05, 0) is 84.9 Å². The van der Waals surface area contributed by atoms with Crippen LogP contribution in [0.4, 0.5) is 0 Å². The van der Waals surface area contributed by atoms with E-state index in [4.69, 9.17) is 101 Å². The summed E-state index contributed by atoms with van der Waals surface area (Å²) in [5.74, 6) is 6.99. The maximum atomic E-state index is 6.68. The van der Waals surface area contributed by atoms with E-state index in [0.717, 1.165) is 188 Å². The molecule has 0 saturated heterocycles. The topological polar surface area (TPSA) is 272 Å². The van der Waals surface area contributed by atoms with Gasteiger partial charge in [0.25, 0.3) is 0 Å². The fourth-order valence-electron chi connectivity index (χ4n) is 19.8. The molecule has 18 aromatic carbocycles. The number of hydrogen-bond donors (Lipinski definition) is 0. The molecule has 21 nitrogen and oxygen atoms in total. The van der Waals surface area contributed by atoms with Gasteiger partial charge < -0.3 is 26.5 Å². The van der Waals surface area contributed by atoms with Crippen molar-refractivity contribution in [3.05, 3.63) is 455 Å². The van der Waals surface area contributed by atoms with Crippen molar-refractivity contribution in [2.24, 2.45) is 0 Å². The lowest BCUT2D eigenvalue weighted by Crippen LogP contribution is -2.00. The van der Waals surface area contributed by atoms with Crippen LogP contribution in [0, 0.1) is 0 Å². The molecule has 0 spiro atoms. The molecule has 0 aliphatic carbocycles. The van der Waals surface area contributed by atoms with Crippen LogP contribution < -0.4 is 0 Å². The Bertz CT molecular complexity index is 10200. The molecule has 150 heavy (non-hydrogen) atoms. The number of benzene rings is 18. The van der Waals surface area contributed by atoms with Crippen LogP contribution in [0.1, 0.15) is 0 Å². The minimum atomic E-state index is 0.526. The molecule has 0 unspecified atom stereocenters. The quantitative estimate of drug-likeness (QED) is 0.0922. The highest BCUT2D eigenvalue weighted by atomic mass is 16.4. The Kier molecular flexibility index (Phi) is 21.3. The van der Waals surface area contributed by atoms with Crippen molar-refractivity contribution in [3.63, 3.8) is 0 Å². The van der Waals surface area contributed by atoms with Crippen molar-refractivity contribution in [1.29, 1.82) is 0 Å². The van der Waals surface area contributed by atoms with Gasteiger partial charge in [-0.1, -0.05) is 370 Å². The Morgan fingerprint density at radius 2 is 0.353 bits per heavy atom. The molecular weight excluding hydrogens is 1860 g/mol. The van der Waals surface area contributed by atoms with Gasteiger partial charge in [-0.15, -0.1) is 0 Å². The fourth-order valence-corrected chi connectivity index (χ4v) is 19.8. The second-order valence-corrected chi connectivity index (χ2v) is 36.2. The van der Waals surface area contributed by atoms with Crippen molar-refractivity contribution < 1.29 is 26.5 Å². The number of para-hydroxylation sites is 5. The van der Waals surface area contributed by atoms with Crippen molar-refractivity contribution in [3.8, 4) is 170 Å². The first-order chi connectivity index (χ1) is 74.3. The number of hydrogen-bond acceptors (Lipinski definition) is 21. The van der Waals surface area contributed by atoms with E-state index in [1.165, 1.54) is 0 Å². The molecule has 0 bridgehead atoms. The van der Waals surface area contributed by atoms with Gasteiger partial charge >= 0.3 is 0 Å². The van der Waals surface area contributed by atoms with E-state index in [-0.39, 0.29) is 0 Å². The zero-order valence-corrected chi connectivity index (χ0v) is 79.5. The molecular formula is C129H75N15O6. The summed E-state index contributed by atoms with van der Waals surface area (Å²) >= 11 is 0. The van der Waals surface area contributed by atoms with Gasteiger partial charge in [-0.2, -0.15) is 0 Å². The summed E-state index contributed by atoms with van der Waals surface area (Å²) in [4.78, 5) is 75.0. The van der Waals surface area contributed by atoms with E-state index in [9.17, 15) is 0 Å². The van der Waals surface area contributed by atoms with Gasteiger partial charge in [0.1, 0.15) is 83.9 Å². The van der Waals surface area contributed by atoms with Gasteiger partial charge in [0.05, 0.1) is 11.1 Å². The van der Waals surface area contributed by atoms with Gasteiger partial charge in [0, 0.05) is 121 Å². The summed E-state index contributed by atoms with van der Waals surface area (Å²) in [6.07, 6.45) is 0. The first kappa shape index (κ1) is 86.9. The van der Waals surface area contributed by atoms with Gasteiger partial charge in [0.2, 0.25) is 0 Å². The van der Waals surface area contributed by atoms with Crippen LogP contribution in [0.15, 0.2) is 481 Å². The zero-order valence-electron chi connectivity index (χ0n) is 79.5. The number of aromatic nitrogens is 15. The molecule has 0 amide bonds. The minimum absolute atomic E-state index is 0.526. The van der Waals surface area contributed by atoms with Crippen LogP contribution in [0.3, 0.4) is 0 Å². The van der Waals surface area contributed by atoms with E-state index in [1.807, 2.05) is 431 Å². The zero-order chi connectivity index (χ0) is 99.1. The summed E-state index contributed by atoms with van der Waals surface area (Å²) in [6.45, 7) is 0. The lowest BCUT2D eigenvalue weighted by molar-refractivity contribution is 0.666. The van der Waals surface area contributed by atoms with E-state index in [2.05, 4.69) is 24.3 Å². The maximum absolute atomic E-state index is 6.68. The lowest BCUT2D eigenvalue weighted by atomic mass is 10.0. The molecule has 702 valence electrons. The third kappa shape index (κ3) is 15.7. The summed E-state index contributed by atoms with van der Waals surface area (Å²) in [5, 5.41) is 8.47. The molecule has 0 aliphatic rings. The summed E-state index contributed by atoms with van der Waals surface area (Å²) in [7, 11) is 0. The van der Waals surface area contributed by atoms with Crippen LogP contribution in [-0.4, -0.2) is 74.8 Å². The average molecular weight is 1930 g/mol. The van der Waals surface area contributed by atoms with Crippen LogP contribution in [0.25, 0.3) is 302 Å². The van der Waals surface area contributed by atoms with Crippen molar-refractivity contribution >= 4 is 132 Å². The Morgan fingerprint density at radius 3 is 0.713 bits per heavy atom. The molecule has 21 heteroatoms. The predicted molar refractivity (Wildman–Crippen MR) is 591 cm³/mol. The molecule has 0 aliphatic heterocycles. The number of furan rings is 6. The van der Waals surface area contributed by atoms with E-state index in [1.54, 1.807) is 0 Å². The maximum Gasteiger partial charge on any atom is 0.180 e. The van der Waals surface area contributed by atoms with Crippen molar-refractivity contribution in [1.82, 2.24) is 74.8 Å². The average Bonchev–Trinajstić information content (AvgIpc) is 1.58. The highest BCUT2D eigenvalue weighted by Gasteiger charge is 2.29. The third-order valence-corrected chi connectivity index (χ3v) is 26.9. The van der Waals surface area contributed by atoms with Crippen LogP contribution in [0.2, 0.25) is 0 Å². The summed E-state index contributed by atoms with van der Waals surface area (Å²) in [5.41, 5.74) is 26.3. The molecule has 12 heterocycles. The number of fused-ring (bicyclic) bond motifs is 18. The number of nitrogens with zero attached hydrogens (tertiary/aromatic N) is 15. The smallest absolute Gasteiger partial charge is 0.180 e. The highest BCUT2D eigenvalue weighted by Crippen LogP contribution is 2.48. The van der Waals surface area contributed by atoms with Gasteiger partial charge in [0.15, 0.2) is 86.6 Å². The fraction of sp³-hybridized carbons (Fsp3) is 0. The summed E-state index contributed by atoms with van der Waals surface area (Å²) in [6, 6.07) is 150. The Labute approximate surface area is 853 Å². The molecule has 0 atom stereocenters. The Balaban J connectivity index is 0.000000108. The second kappa shape index (κ2) is 36.8. The molecule has 30 aromatic rings. The van der Waals surface area contributed by atoms with Gasteiger partial charge in [-0.3, -0.25) is 0 Å². The van der Waals surface area contributed by atoms with Crippen LogP contribution >= 0.6 is 0 Å². The highest BCUT2D eigenvalue weighted by molar-refractivity contribution is 6.18. The predicted octanol–water partition coefficient (Wildman–Crippen LogP) is 32.4. The largest absolute Gasteiger partial charge is 0.456 e. The lowest BCUT2D eigenvalue weighted by Gasteiger charge is -2.09. The molecule has 12 aromatic heterocycles. The molecule has 0 saturated carbocycles. The van der Waals surface area contributed by atoms with E-state index in [0.29, 0.717) is 115 Å². The first-order valence-corrected chi connectivity index (χ1v) is 49.0. The molecule has 30 rings (SSSR count). The monoisotopic (exact) mass is 1930 g/mol. The van der Waals surface area contributed by atoms with Crippen LogP contribution in [0.5, 0.6) is 0 Å². The Morgan fingerprint density at radius 1 is 0.120 bits per heavy atom. The van der Waals surface area contributed by atoms with Gasteiger partial charge in [-0.25, -0.2) is 74.8 Å². The third-order valence-electron chi connectivity index (χ3n) is 26.9. The van der Waals surface area contributed by atoms with Crippen molar-refractivity contribution in [2.45, 2.75) is 0 Å². The Hall–Kier alpha value is -21.0. The molecule has 0 fully saturated rings. The SMILES string of the molecule is c1ccc(-c2nc(-c3ccccc3)nc(-c3ccc4c(c3)oc3c(-c5nc(-c6ccccc6)c6oc7ccccc7c6n5)cccc34)n2)cc1.c1ccc(-c2nc(-c3ccccc3)nc(-c3ccc4c(c3)oc3cccc(-c5nc(-c6ccccc6)c6oc7ccccc7c6n5)c34)n2)cc1.c1ccc(-c2nc(-c3ccccc3)nc(-c3cccc4c3oc3cccc(-c5nc(-c6ccccc6)c6oc7ccccc7c6n5)c34)n2)cc1. The summed E-state index contributed by atoms with van der Waals surface area (Å²) < 4.78 is 38.9. The standard InChI is InChI=1S/3C43H25N5O2/c1-4-14-26(15-5-1)36-39-37(29-20-10-11-24-33(29)49-39)45-42(44-36)31-22-13-25-34-35(31)30-21-12-23-32(38(30)50-34)43-47-40(27-16-6-2-7-17-27)46-41(48-43)28-18-8-3-9-19-28;1-4-13-26(14-5-1)36-39-37(32-19-10-11-22-34(32)49-39)45-43(44-36)33-21-12-20-31-30-24-23-29(25-35(30)50-38(31)33)42-47-40(27-15-6-2-7-16-27)46-41(48-42)28-17-8-3-9-18-28;1-4-13-26(14-5-1)37-39-38(31-19-10-11-21-33(31)50-39)45-43(44-37)32-20-12-22-34-36(32)30-24-23-29(25-35(30)49-34)42-47-40(27-15-6-2-7-16-27)46-41(48-42)28-17-8-3-9-18-28/h3*1-25H. The number of rotatable bonds is 15. The minimum Gasteiger partial charge on any atom is -0.456 e. The second-order valence-electron chi connectivity index (χ2n) is 36.2. The van der Waals surface area contributed by atoms with Crippen molar-refractivity contribution in [2.75, 3.05) is 0 Å². The molecule has 0 radical (unpaired) electrons. The first-order valence-electron chi connectivity index (χ1n) is 49.0. The van der Waals surface area contributed by atoms with Crippen LogP contribution in [-0.2, 0) is 0 Å². The van der Waals surface area contributed by atoms with E-state index >= 15 is 0 Å².